The molecule has 2 heterocycles. The number of pyridine rings is 1. The molecular weight excluding hydrogens is 333 g/mol. The van der Waals surface area contributed by atoms with Crippen molar-refractivity contribution in [1.82, 2.24) is 9.38 Å². The van der Waals surface area contributed by atoms with Gasteiger partial charge in [-0.15, -0.1) is 0 Å². The van der Waals surface area contributed by atoms with Crippen LogP contribution in [0.2, 0.25) is 0 Å². The van der Waals surface area contributed by atoms with Crippen molar-refractivity contribution in [1.29, 1.82) is 0 Å². The highest BCUT2D eigenvalue weighted by atomic mass is 19.4. The number of fused-ring (bicyclic) bond motifs is 1. The van der Waals surface area contributed by atoms with Gasteiger partial charge in [-0.3, -0.25) is 4.79 Å². The van der Waals surface area contributed by atoms with Crippen LogP contribution in [0.4, 0.5) is 24.5 Å². The molecule has 3 rings (SSSR count). The number of hydrogen-bond acceptors (Lipinski definition) is 3. The van der Waals surface area contributed by atoms with Gasteiger partial charge >= 0.3 is 6.18 Å². The average molecular weight is 348 g/mol. The van der Waals surface area contributed by atoms with E-state index in [4.69, 9.17) is 0 Å². The molecule has 0 radical (unpaired) electrons. The van der Waals surface area contributed by atoms with Gasteiger partial charge in [0.25, 0.3) is 5.91 Å². The molecular formula is C17H15F3N4O. The zero-order chi connectivity index (χ0) is 18.2. The standard InChI is InChI=1S/C17H15F3N4O/c1-23(2)14-7-6-11(17(18,19)20)9-12(14)22-16(25)13-10-24-8-4-3-5-15(24)21-13/h3-10H,1-2H3,(H,22,25). The number of amides is 1. The van der Waals surface area contributed by atoms with Crippen LogP contribution in [0.15, 0.2) is 48.8 Å². The fourth-order valence-electron chi connectivity index (χ4n) is 2.43. The zero-order valence-corrected chi connectivity index (χ0v) is 13.5. The van der Waals surface area contributed by atoms with E-state index in [1.807, 2.05) is 0 Å². The molecule has 3 aromatic rings. The Morgan fingerprint density at radius 1 is 1.20 bits per heavy atom. The van der Waals surface area contributed by atoms with Gasteiger partial charge in [-0.25, -0.2) is 4.98 Å². The van der Waals surface area contributed by atoms with E-state index in [1.54, 1.807) is 47.8 Å². The van der Waals surface area contributed by atoms with Crippen LogP contribution < -0.4 is 10.2 Å². The SMILES string of the molecule is CN(C)c1ccc(C(F)(F)F)cc1NC(=O)c1cn2ccccc2n1. The van der Waals surface area contributed by atoms with Crippen molar-refractivity contribution in [2.75, 3.05) is 24.3 Å². The molecule has 0 saturated heterocycles. The number of halogens is 3. The molecule has 0 atom stereocenters. The summed E-state index contributed by atoms with van der Waals surface area (Å²) < 4.78 is 40.5. The summed E-state index contributed by atoms with van der Waals surface area (Å²) in [6, 6.07) is 8.52. The van der Waals surface area contributed by atoms with Gasteiger partial charge in [-0.1, -0.05) is 6.07 Å². The monoisotopic (exact) mass is 348 g/mol. The zero-order valence-electron chi connectivity index (χ0n) is 13.5. The Labute approximate surface area is 141 Å². The lowest BCUT2D eigenvalue weighted by molar-refractivity contribution is -0.137. The van der Waals surface area contributed by atoms with E-state index in [-0.39, 0.29) is 11.4 Å². The second-order valence-corrected chi connectivity index (χ2v) is 5.67. The summed E-state index contributed by atoms with van der Waals surface area (Å²) in [5.41, 5.74) is 0.397. The normalized spacial score (nSPS) is 11.6. The molecule has 0 fully saturated rings. The summed E-state index contributed by atoms with van der Waals surface area (Å²) >= 11 is 0. The van der Waals surface area contributed by atoms with Crippen molar-refractivity contribution < 1.29 is 18.0 Å². The number of nitrogens with one attached hydrogen (secondary N) is 1. The maximum absolute atomic E-state index is 13.0. The van der Waals surface area contributed by atoms with Gasteiger partial charge in [-0.2, -0.15) is 13.2 Å². The summed E-state index contributed by atoms with van der Waals surface area (Å²) in [6.07, 6.45) is -1.24. The van der Waals surface area contributed by atoms with Crippen LogP contribution in [-0.4, -0.2) is 29.4 Å². The smallest absolute Gasteiger partial charge is 0.376 e. The lowest BCUT2D eigenvalue weighted by Crippen LogP contribution is -2.18. The molecule has 0 saturated carbocycles. The third-order valence-electron chi connectivity index (χ3n) is 3.65. The molecule has 1 amide bonds. The van der Waals surface area contributed by atoms with Gasteiger partial charge in [0.2, 0.25) is 0 Å². The Morgan fingerprint density at radius 3 is 2.60 bits per heavy atom. The first kappa shape index (κ1) is 16.8. The minimum Gasteiger partial charge on any atom is -0.376 e. The summed E-state index contributed by atoms with van der Waals surface area (Å²) in [5.74, 6) is -0.578. The number of aromatic nitrogens is 2. The van der Waals surface area contributed by atoms with Gasteiger partial charge in [0.15, 0.2) is 0 Å². The molecule has 0 spiro atoms. The molecule has 130 valence electrons. The predicted octanol–water partition coefficient (Wildman–Crippen LogP) is 3.67. The third kappa shape index (κ3) is 3.42. The minimum absolute atomic E-state index is 0.0712. The average Bonchev–Trinajstić information content (AvgIpc) is 2.98. The Balaban J connectivity index is 1.96. The van der Waals surface area contributed by atoms with Crippen molar-refractivity contribution in [2.24, 2.45) is 0 Å². The predicted molar refractivity (Wildman–Crippen MR) is 88.9 cm³/mol. The number of anilines is 2. The molecule has 0 unspecified atom stereocenters. The van der Waals surface area contributed by atoms with Crippen LogP contribution in [-0.2, 0) is 6.18 Å². The number of carbonyl (C=O) groups excluding carboxylic acids is 1. The molecule has 0 bridgehead atoms. The van der Waals surface area contributed by atoms with E-state index in [2.05, 4.69) is 10.3 Å². The Hall–Kier alpha value is -3.03. The Bertz CT molecular complexity index is 898. The van der Waals surface area contributed by atoms with Crippen molar-refractivity contribution in [2.45, 2.75) is 6.18 Å². The summed E-state index contributed by atoms with van der Waals surface area (Å²) in [7, 11) is 3.37. The van der Waals surface area contributed by atoms with Crippen molar-refractivity contribution in [3.05, 3.63) is 60.0 Å². The maximum atomic E-state index is 13.0. The first-order chi connectivity index (χ1) is 11.8. The van der Waals surface area contributed by atoms with E-state index in [1.165, 1.54) is 12.3 Å². The molecule has 25 heavy (non-hydrogen) atoms. The lowest BCUT2D eigenvalue weighted by atomic mass is 10.1. The van der Waals surface area contributed by atoms with E-state index >= 15 is 0 Å². The molecule has 8 heteroatoms. The quantitative estimate of drug-likeness (QED) is 0.786. The van der Waals surface area contributed by atoms with Crippen LogP contribution in [0.25, 0.3) is 5.65 Å². The first-order valence-corrected chi connectivity index (χ1v) is 7.39. The number of imidazole rings is 1. The van der Waals surface area contributed by atoms with Gasteiger partial charge in [-0.05, 0) is 30.3 Å². The van der Waals surface area contributed by atoms with E-state index in [0.29, 0.717) is 11.3 Å². The highest BCUT2D eigenvalue weighted by Gasteiger charge is 2.31. The topological polar surface area (TPSA) is 49.6 Å². The summed E-state index contributed by atoms with van der Waals surface area (Å²) in [5, 5.41) is 2.53. The Kier molecular flexibility index (Phi) is 4.12. The molecule has 0 aliphatic rings. The van der Waals surface area contributed by atoms with Crippen LogP contribution in [0.5, 0.6) is 0 Å². The molecule has 2 aromatic heterocycles. The van der Waals surface area contributed by atoms with E-state index in [9.17, 15) is 18.0 Å². The van der Waals surface area contributed by atoms with Gasteiger partial charge in [0, 0.05) is 26.5 Å². The largest absolute Gasteiger partial charge is 0.416 e. The molecule has 0 aliphatic carbocycles. The molecule has 5 nitrogen and oxygen atoms in total. The van der Waals surface area contributed by atoms with Crippen LogP contribution in [0.1, 0.15) is 16.1 Å². The van der Waals surface area contributed by atoms with Crippen LogP contribution in [0.3, 0.4) is 0 Å². The number of rotatable bonds is 3. The van der Waals surface area contributed by atoms with Gasteiger partial charge < -0.3 is 14.6 Å². The molecule has 1 aromatic carbocycles. The highest BCUT2D eigenvalue weighted by Crippen LogP contribution is 2.35. The van der Waals surface area contributed by atoms with Gasteiger partial charge in [0.05, 0.1) is 16.9 Å². The second kappa shape index (κ2) is 6.12. The van der Waals surface area contributed by atoms with Crippen LogP contribution >= 0.6 is 0 Å². The highest BCUT2D eigenvalue weighted by molar-refractivity contribution is 6.05. The summed E-state index contributed by atoms with van der Waals surface area (Å²) in [6.45, 7) is 0. The Morgan fingerprint density at radius 2 is 1.96 bits per heavy atom. The number of carbonyl (C=O) groups is 1. The third-order valence-corrected chi connectivity index (χ3v) is 3.65. The van der Waals surface area contributed by atoms with Crippen LogP contribution in [0, 0.1) is 0 Å². The maximum Gasteiger partial charge on any atom is 0.416 e. The van der Waals surface area contributed by atoms with Crippen molar-refractivity contribution in [3.63, 3.8) is 0 Å². The molecule has 0 aliphatic heterocycles. The molecule has 1 N–H and O–H groups in total. The lowest BCUT2D eigenvalue weighted by Gasteiger charge is -2.19. The minimum atomic E-state index is -4.49. The fraction of sp³-hybridized carbons (Fsp3) is 0.176. The van der Waals surface area contributed by atoms with E-state index < -0.39 is 17.6 Å². The van der Waals surface area contributed by atoms with E-state index in [0.717, 1.165) is 12.1 Å². The van der Waals surface area contributed by atoms with Crippen molar-refractivity contribution >= 4 is 22.9 Å². The first-order valence-electron chi connectivity index (χ1n) is 7.39. The second-order valence-electron chi connectivity index (χ2n) is 5.67. The number of hydrogen-bond donors (Lipinski definition) is 1. The van der Waals surface area contributed by atoms with Gasteiger partial charge in [0.1, 0.15) is 11.3 Å². The summed E-state index contributed by atoms with van der Waals surface area (Å²) in [4.78, 5) is 18.2. The fourth-order valence-corrected chi connectivity index (χ4v) is 2.43. The number of alkyl halides is 3. The number of nitrogens with zero attached hydrogens (tertiary/aromatic N) is 3. The number of benzene rings is 1. The van der Waals surface area contributed by atoms with Crippen molar-refractivity contribution in [3.8, 4) is 0 Å².